The lowest BCUT2D eigenvalue weighted by molar-refractivity contribution is 0.306. The number of nitrogens with zero attached hydrogens (tertiary/aromatic N) is 3. The van der Waals surface area contributed by atoms with Crippen molar-refractivity contribution in [3.8, 4) is 6.07 Å². The lowest BCUT2D eigenvalue weighted by atomic mass is 9.87. The molecule has 2 N–H and O–H groups in total. The molecule has 2 unspecified atom stereocenters. The Morgan fingerprint density at radius 2 is 2.26 bits per heavy atom. The van der Waals surface area contributed by atoms with E-state index in [9.17, 15) is 5.26 Å². The highest BCUT2D eigenvalue weighted by Crippen LogP contribution is 2.29. The van der Waals surface area contributed by atoms with E-state index in [0.717, 1.165) is 36.6 Å². The monoisotopic (exact) mass is 258 g/mol. The van der Waals surface area contributed by atoms with Crippen molar-refractivity contribution in [3.63, 3.8) is 0 Å². The van der Waals surface area contributed by atoms with Crippen LogP contribution >= 0.6 is 0 Å². The molecule has 4 nitrogen and oxygen atoms in total. The van der Waals surface area contributed by atoms with E-state index in [1.807, 2.05) is 19.9 Å². The van der Waals surface area contributed by atoms with E-state index in [0.29, 0.717) is 23.9 Å². The SMILES string of the molecule is Cc1cc(C)c(C#N)c(N2CCC(C)C(CN)C2)n1. The number of anilines is 1. The minimum Gasteiger partial charge on any atom is -0.355 e. The first-order valence-electron chi connectivity index (χ1n) is 6.90. The molecular formula is C15H22N4. The molecule has 0 amide bonds. The molecule has 0 aliphatic carbocycles. The van der Waals surface area contributed by atoms with Crippen LogP contribution in [0.2, 0.25) is 0 Å². The fraction of sp³-hybridized carbons (Fsp3) is 0.600. The molecule has 1 fully saturated rings. The fourth-order valence-corrected chi connectivity index (χ4v) is 2.83. The van der Waals surface area contributed by atoms with E-state index in [1.165, 1.54) is 0 Å². The van der Waals surface area contributed by atoms with Crippen molar-refractivity contribution in [2.75, 3.05) is 24.5 Å². The van der Waals surface area contributed by atoms with Gasteiger partial charge < -0.3 is 10.6 Å². The largest absolute Gasteiger partial charge is 0.355 e. The van der Waals surface area contributed by atoms with Crippen LogP contribution in [0.4, 0.5) is 5.82 Å². The summed E-state index contributed by atoms with van der Waals surface area (Å²) in [6.45, 7) is 8.78. The second-order valence-electron chi connectivity index (χ2n) is 5.60. The van der Waals surface area contributed by atoms with Gasteiger partial charge in [0.25, 0.3) is 0 Å². The van der Waals surface area contributed by atoms with Crippen LogP contribution in [0.25, 0.3) is 0 Å². The van der Waals surface area contributed by atoms with Crippen LogP contribution in [-0.2, 0) is 0 Å². The summed E-state index contributed by atoms with van der Waals surface area (Å²) in [4.78, 5) is 6.82. The van der Waals surface area contributed by atoms with Crippen LogP contribution in [0.1, 0.15) is 30.2 Å². The van der Waals surface area contributed by atoms with E-state index in [4.69, 9.17) is 5.73 Å². The molecule has 2 atom stereocenters. The van der Waals surface area contributed by atoms with Gasteiger partial charge in [0, 0.05) is 18.8 Å². The van der Waals surface area contributed by atoms with Crippen molar-refractivity contribution in [2.24, 2.45) is 17.6 Å². The third-order valence-electron chi connectivity index (χ3n) is 4.15. The van der Waals surface area contributed by atoms with Crippen molar-refractivity contribution >= 4 is 5.82 Å². The van der Waals surface area contributed by atoms with Gasteiger partial charge in [0.2, 0.25) is 0 Å². The molecule has 0 spiro atoms. The molecule has 1 aliphatic heterocycles. The zero-order valence-corrected chi connectivity index (χ0v) is 12.0. The van der Waals surface area contributed by atoms with E-state index in [2.05, 4.69) is 22.9 Å². The number of nitrogens with two attached hydrogens (primary N) is 1. The van der Waals surface area contributed by atoms with Gasteiger partial charge in [0.1, 0.15) is 11.9 Å². The normalized spacial score (nSPS) is 23.2. The zero-order chi connectivity index (χ0) is 14.0. The molecule has 2 rings (SSSR count). The zero-order valence-electron chi connectivity index (χ0n) is 12.0. The van der Waals surface area contributed by atoms with Gasteiger partial charge in [-0.15, -0.1) is 0 Å². The van der Waals surface area contributed by atoms with Gasteiger partial charge in [-0.3, -0.25) is 0 Å². The first-order chi connectivity index (χ1) is 9.06. The Hall–Kier alpha value is -1.60. The number of hydrogen-bond acceptors (Lipinski definition) is 4. The topological polar surface area (TPSA) is 65.9 Å². The summed E-state index contributed by atoms with van der Waals surface area (Å²) in [7, 11) is 0. The maximum absolute atomic E-state index is 9.35. The van der Waals surface area contributed by atoms with Crippen LogP contribution in [0, 0.1) is 37.0 Å². The van der Waals surface area contributed by atoms with Crippen LogP contribution in [0.15, 0.2) is 6.07 Å². The average Bonchev–Trinajstić information content (AvgIpc) is 2.38. The minimum atomic E-state index is 0.489. The molecule has 2 heterocycles. The molecule has 1 aromatic heterocycles. The van der Waals surface area contributed by atoms with Crippen LogP contribution in [0.3, 0.4) is 0 Å². The smallest absolute Gasteiger partial charge is 0.147 e. The summed E-state index contributed by atoms with van der Waals surface area (Å²) in [5.74, 6) is 1.98. The number of rotatable bonds is 2. The first-order valence-corrected chi connectivity index (χ1v) is 6.90. The summed E-state index contributed by atoms with van der Waals surface area (Å²) in [5, 5.41) is 9.35. The van der Waals surface area contributed by atoms with Crippen molar-refractivity contribution in [3.05, 3.63) is 22.9 Å². The van der Waals surface area contributed by atoms with Crippen LogP contribution in [0.5, 0.6) is 0 Å². The van der Waals surface area contributed by atoms with Crippen LogP contribution < -0.4 is 10.6 Å². The number of aryl methyl sites for hydroxylation is 2. The van der Waals surface area contributed by atoms with Crippen molar-refractivity contribution in [1.82, 2.24) is 4.98 Å². The van der Waals surface area contributed by atoms with Gasteiger partial charge in [0.15, 0.2) is 0 Å². The number of hydrogen-bond donors (Lipinski definition) is 1. The Balaban J connectivity index is 2.34. The number of pyridine rings is 1. The van der Waals surface area contributed by atoms with E-state index in [1.54, 1.807) is 0 Å². The summed E-state index contributed by atoms with van der Waals surface area (Å²) in [6.07, 6.45) is 1.11. The Bertz CT molecular complexity index is 504. The highest BCUT2D eigenvalue weighted by atomic mass is 15.2. The predicted octanol–water partition coefficient (Wildman–Crippen LogP) is 1.99. The van der Waals surface area contributed by atoms with Gasteiger partial charge in [-0.25, -0.2) is 4.98 Å². The molecule has 0 aromatic carbocycles. The summed E-state index contributed by atoms with van der Waals surface area (Å²) < 4.78 is 0. The average molecular weight is 258 g/mol. The van der Waals surface area contributed by atoms with E-state index < -0.39 is 0 Å². The van der Waals surface area contributed by atoms with Gasteiger partial charge in [-0.05, 0) is 50.3 Å². The summed E-state index contributed by atoms with van der Waals surface area (Å²) in [5.41, 5.74) is 8.53. The van der Waals surface area contributed by atoms with E-state index in [-0.39, 0.29) is 0 Å². The molecular weight excluding hydrogens is 236 g/mol. The Morgan fingerprint density at radius 1 is 1.53 bits per heavy atom. The third kappa shape index (κ3) is 2.71. The third-order valence-corrected chi connectivity index (χ3v) is 4.15. The lowest BCUT2D eigenvalue weighted by Crippen LogP contribution is -2.43. The lowest BCUT2D eigenvalue weighted by Gasteiger charge is -2.37. The quantitative estimate of drug-likeness (QED) is 0.881. The molecule has 1 aromatic rings. The first kappa shape index (κ1) is 13.8. The van der Waals surface area contributed by atoms with E-state index >= 15 is 0 Å². The molecule has 0 bridgehead atoms. The minimum absolute atomic E-state index is 0.489. The van der Waals surface area contributed by atoms with Crippen molar-refractivity contribution in [1.29, 1.82) is 5.26 Å². The number of nitriles is 1. The second kappa shape index (κ2) is 5.58. The molecule has 19 heavy (non-hydrogen) atoms. The second-order valence-corrected chi connectivity index (χ2v) is 5.60. The summed E-state index contributed by atoms with van der Waals surface area (Å²) >= 11 is 0. The maximum Gasteiger partial charge on any atom is 0.147 e. The summed E-state index contributed by atoms with van der Waals surface area (Å²) in [6, 6.07) is 4.26. The maximum atomic E-state index is 9.35. The van der Waals surface area contributed by atoms with Crippen molar-refractivity contribution < 1.29 is 0 Å². The standard InChI is InChI=1S/C15H22N4/c1-10-4-5-19(9-13(10)7-16)15-14(8-17)11(2)6-12(3)18-15/h6,10,13H,4-5,7,9,16H2,1-3H3. The van der Waals surface area contributed by atoms with Gasteiger partial charge >= 0.3 is 0 Å². The van der Waals surface area contributed by atoms with Gasteiger partial charge in [-0.2, -0.15) is 5.26 Å². The van der Waals surface area contributed by atoms with Gasteiger partial charge in [-0.1, -0.05) is 6.92 Å². The van der Waals surface area contributed by atoms with Gasteiger partial charge in [0.05, 0.1) is 5.56 Å². The fourth-order valence-electron chi connectivity index (χ4n) is 2.83. The molecule has 1 aliphatic rings. The Labute approximate surface area is 115 Å². The number of aromatic nitrogens is 1. The molecule has 102 valence electrons. The highest BCUT2D eigenvalue weighted by molar-refractivity contribution is 5.58. The molecule has 1 saturated heterocycles. The molecule has 4 heteroatoms. The molecule has 0 saturated carbocycles. The van der Waals surface area contributed by atoms with Crippen molar-refractivity contribution in [2.45, 2.75) is 27.2 Å². The highest BCUT2D eigenvalue weighted by Gasteiger charge is 2.27. The Kier molecular flexibility index (Phi) is 4.06. The number of piperidine rings is 1. The Morgan fingerprint density at radius 3 is 2.89 bits per heavy atom. The predicted molar refractivity (Wildman–Crippen MR) is 77.0 cm³/mol. The van der Waals surface area contributed by atoms with Crippen LogP contribution in [-0.4, -0.2) is 24.6 Å². The molecule has 0 radical (unpaired) electrons.